The second-order valence-corrected chi connectivity index (χ2v) is 3.27. The van der Waals surface area contributed by atoms with Crippen LogP contribution in [0.15, 0.2) is 47.1 Å². The highest BCUT2D eigenvalue weighted by atomic mass is 19.1. The second-order valence-electron chi connectivity index (χ2n) is 3.27. The van der Waals surface area contributed by atoms with Crippen molar-refractivity contribution < 1.29 is 18.7 Å². The number of para-hydroxylation sites is 1. The topological polar surface area (TPSA) is 42.6 Å². The molecule has 1 unspecified atom stereocenters. The van der Waals surface area contributed by atoms with Gasteiger partial charge in [-0.1, -0.05) is 12.1 Å². The van der Waals surface area contributed by atoms with Gasteiger partial charge in [0, 0.05) is 0 Å². The standard InChI is InChI=1S/C12H11FO3/c13-9-4-1-2-5-11(9)16-8-10(14)12-6-3-7-15-12/h1-7,10,14H,8H2. The number of aliphatic hydroxyl groups is 1. The smallest absolute Gasteiger partial charge is 0.165 e. The molecule has 1 N–H and O–H groups in total. The molecule has 0 amide bonds. The molecule has 0 saturated carbocycles. The van der Waals surface area contributed by atoms with Crippen LogP contribution in [0.5, 0.6) is 5.75 Å². The van der Waals surface area contributed by atoms with Gasteiger partial charge in [0.25, 0.3) is 0 Å². The minimum Gasteiger partial charge on any atom is -0.487 e. The largest absolute Gasteiger partial charge is 0.487 e. The van der Waals surface area contributed by atoms with E-state index in [1.54, 1.807) is 24.3 Å². The monoisotopic (exact) mass is 222 g/mol. The number of benzene rings is 1. The highest BCUT2D eigenvalue weighted by molar-refractivity contribution is 5.23. The van der Waals surface area contributed by atoms with E-state index in [1.807, 2.05) is 0 Å². The van der Waals surface area contributed by atoms with E-state index in [0.717, 1.165) is 0 Å². The highest BCUT2D eigenvalue weighted by Crippen LogP contribution is 2.19. The number of hydrogen-bond donors (Lipinski definition) is 1. The number of ether oxygens (including phenoxy) is 1. The maximum absolute atomic E-state index is 13.2. The van der Waals surface area contributed by atoms with Crippen molar-refractivity contribution in [3.8, 4) is 5.75 Å². The van der Waals surface area contributed by atoms with Gasteiger partial charge in [-0.25, -0.2) is 4.39 Å². The molecule has 2 aromatic rings. The number of rotatable bonds is 4. The Kier molecular flexibility index (Phi) is 3.22. The minimum atomic E-state index is -0.894. The molecule has 3 nitrogen and oxygen atoms in total. The van der Waals surface area contributed by atoms with Crippen molar-refractivity contribution in [2.45, 2.75) is 6.10 Å². The van der Waals surface area contributed by atoms with Gasteiger partial charge in [0.05, 0.1) is 6.26 Å². The third-order valence-corrected chi connectivity index (χ3v) is 2.10. The molecule has 0 radical (unpaired) electrons. The summed E-state index contributed by atoms with van der Waals surface area (Å²) >= 11 is 0. The first-order chi connectivity index (χ1) is 7.77. The third kappa shape index (κ3) is 2.41. The zero-order chi connectivity index (χ0) is 11.4. The summed E-state index contributed by atoms with van der Waals surface area (Å²) in [6.45, 7) is -0.0472. The molecule has 0 fully saturated rings. The van der Waals surface area contributed by atoms with Gasteiger partial charge < -0.3 is 14.3 Å². The fourth-order valence-corrected chi connectivity index (χ4v) is 1.29. The van der Waals surface area contributed by atoms with Gasteiger partial charge in [0.2, 0.25) is 0 Å². The van der Waals surface area contributed by atoms with E-state index < -0.39 is 11.9 Å². The van der Waals surface area contributed by atoms with Crippen molar-refractivity contribution in [2.75, 3.05) is 6.61 Å². The highest BCUT2D eigenvalue weighted by Gasteiger charge is 2.12. The van der Waals surface area contributed by atoms with Gasteiger partial charge >= 0.3 is 0 Å². The molecule has 0 saturated heterocycles. The first-order valence-electron chi connectivity index (χ1n) is 4.86. The fraction of sp³-hybridized carbons (Fsp3) is 0.167. The van der Waals surface area contributed by atoms with Gasteiger partial charge in [0.15, 0.2) is 11.6 Å². The van der Waals surface area contributed by atoms with Crippen LogP contribution in [0.3, 0.4) is 0 Å². The molecular formula is C12H11FO3. The van der Waals surface area contributed by atoms with Crippen LogP contribution in [-0.4, -0.2) is 11.7 Å². The van der Waals surface area contributed by atoms with Gasteiger partial charge in [-0.3, -0.25) is 0 Å². The maximum Gasteiger partial charge on any atom is 0.165 e. The van der Waals surface area contributed by atoms with E-state index in [1.165, 1.54) is 18.4 Å². The van der Waals surface area contributed by atoms with Crippen LogP contribution in [0, 0.1) is 5.82 Å². The molecular weight excluding hydrogens is 211 g/mol. The molecule has 1 aromatic heterocycles. The molecule has 4 heteroatoms. The van der Waals surface area contributed by atoms with E-state index in [9.17, 15) is 9.50 Å². The summed E-state index contributed by atoms with van der Waals surface area (Å²) in [5.74, 6) is 0.0681. The molecule has 0 spiro atoms. The van der Waals surface area contributed by atoms with Crippen molar-refractivity contribution >= 4 is 0 Å². The normalized spacial score (nSPS) is 12.4. The molecule has 1 atom stereocenters. The van der Waals surface area contributed by atoms with Crippen LogP contribution in [0.25, 0.3) is 0 Å². The Morgan fingerprint density at radius 2 is 2.06 bits per heavy atom. The lowest BCUT2D eigenvalue weighted by Gasteiger charge is -2.10. The minimum absolute atomic E-state index is 0.0472. The van der Waals surface area contributed by atoms with Crippen molar-refractivity contribution in [1.29, 1.82) is 0 Å². The predicted octanol–water partition coefficient (Wildman–Crippen LogP) is 2.53. The number of halogens is 1. The van der Waals surface area contributed by atoms with Crippen LogP contribution in [0.4, 0.5) is 4.39 Å². The summed E-state index contributed by atoms with van der Waals surface area (Å²) in [5, 5.41) is 9.62. The lowest BCUT2D eigenvalue weighted by atomic mass is 10.3. The Bertz CT molecular complexity index is 439. The summed E-state index contributed by atoms with van der Waals surface area (Å²) in [6.07, 6.45) is 0.566. The molecule has 84 valence electrons. The van der Waals surface area contributed by atoms with Gasteiger partial charge in [0.1, 0.15) is 18.5 Å². The summed E-state index contributed by atoms with van der Waals surface area (Å²) in [4.78, 5) is 0. The summed E-state index contributed by atoms with van der Waals surface area (Å²) < 4.78 is 23.3. The number of hydrogen-bond acceptors (Lipinski definition) is 3. The van der Waals surface area contributed by atoms with E-state index in [0.29, 0.717) is 5.76 Å². The second kappa shape index (κ2) is 4.81. The SMILES string of the molecule is OC(COc1ccccc1F)c1ccco1. The molecule has 0 aliphatic carbocycles. The zero-order valence-electron chi connectivity index (χ0n) is 8.47. The first kappa shape index (κ1) is 10.7. The van der Waals surface area contributed by atoms with Crippen LogP contribution in [-0.2, 0) is 0 Å². The number of furan rings is 1. The van der Waals surface area contributed by atoms with Crippen LogP contribution in [0.2, 0.25) is 0 Å². The lowest BCUT2D eigenvalue weighted by molar-refractivity contribution is 0.0868. The Balaban J connectivity index is 1.95. The van der Waals surface area contributed by atoms with Gasteiger partial charge in [-0.05, 0) is 24.3 Å². The van der Waals surface area contributed by atoms with Crippen LogP contribution in [0.1, 0.15) is 11.9 Å². The molecule has 0 bridgehead atoms. The summed E-state index contributed by atoms with van der Waals surface area (Å²) in [5.41, 5.74) is 0. The van der Waals surface area contributed by atoms with E-state index in [-0.39, 0.29) is 12.4 Å². The maximum atomic E-state index is 13.2. The van der Waals surface area contributed by atoms with E-state index in [4.69, 9.17) is 9.15 Å². The predicted molar refractivity (Wildman–Crippen MR) is 55.6 cm³/mol. The Morgan fingerprint density at radius 3 is 2.75 bits per heavy atom. The fourth-order valence-electron chi connectivity index (χ4n) is 1.29. The molecule has 2 rings (SSSR count). The molecule has 0 aliphatic rings. The average Bonchev–Trinajstić information content (AvgIpc) is 2.81. The van der Waals surface area contributed by atoms with Crippen molar-refractivity contribution in [2.24, 2.45) is 0 Å². The zero-order valence-corrected chi connectivity index (χ0v) is 8.47. The Labute approximate surface area is 92.1 Å². The van der Waals surface area contributed by atoms with Crippen LogP contribution >= 0.6 is 0 Å². The average molecular weight is 222 g/mol. The number of aliphatic hydroxyl groups excluding tert-OH is 1. The van der Waals surface area contributed by atoms with Gasteiger partial charge in [-0.2, -0.15) is 0 Å². The molecule has 0 aliphatic heterocycles. The van der Waals surface area contributed by atoms with E-state index >= 15 is 0 Å². The van der Waals surface area contributed by atoms with Crippen molar-refractivity contribution in [3.63, 3.8) is 0 Å². The Hall–Kier alpha value is -1.81. The molecule has 1 heterocycles. The lowest BCUT2D eigenvalue weighted by Crippen LogP contribution is -2.09. The van der Waals surface area contributed by atoms with Crippen LogP contribution < -0.4 is 4.74 Å². The quantitative estimate of drug-likeness (QED) is 0.864. The van der Waals surface area contributed by atoms with Gasteiger partial charge in [-0.15, -0.1) is 0 Å². The van der Waals surface area contributed by atoms with E-state index in [2.05, 4.69) is 0 Å². The van der Waals surface area contributed by atoms with Crippen molar-refractivity contribution in [3.05, 3.63) is 54.2 Å². The summed E-state index contributed by atoms with van der Waals surface area (Å²) in [7, 11) is 0. The third-order valence-electron chi connectivity index (χ3n) is 2.10. The first-order valence-corrected chi connectivity index (χ1v) is 4.86. The molecule has 16 heavy (non-hydrogen) atoms. The van der Waals surface area contributed by atoms with Crippen molar-refractivity contribution in [1.82, 2.24) is 0 Å². The Morgan fingerprint density at radius 1 is 1.25 bits per heavy atom. The molecule has 1 aromatic carbocycles. The summed E-state index contributed by atoms with van der Waals surface area (Å²) in [6, 6.07) is 9.35.